The third kappa shape index (κ3) is 102. The maximum atomic E-state index is 3.66. The molecule has 0 heterocycles. The van der Waals surface area contributed by atoms with E-state index in [1.807, 2.05) is 19.1 Å². The van der Waals surface area contributed by atoms with Crippen LogP contribution in [0.2, 0.25) is 0 Å². The molecule has 0 bridgehead atoms. The van der Waals surface area contributed by atoms with Gasteiger partial charge >= 0.3 is 0 Å². The molecule has 102 valence electrons. The maximum absolute atomic E-state index is 3.66. The molecule has 0 aliphatic rings. The van der Waals surface area contributed by atoms with E-state index < -0.39 is 0 Å². The van der Waals surface area contributed by atoms with E-state index in [1.54, 1.807) is 6.08 Å². The van der Waals surface area contributed by atoms with Gasteiger partial charge in [0.25, 0.3) is 0 Å². The monoisotopic (exact) mass is 238 g/mol. The van der Waals surface area contributed by atoms with Crippen molar-refractivity contribution in [3.05, 3.63) is 51.1 Å². The summed E-state index contributed by atoms with van der Waals surface area (Å²) < 4.78 is 0. The number of unbranched alkanes of at least 4 members (excludes halogenated alkanes) is 4. The summed E-state index contributed by atoms with van der Waals surface area (Å²) in [6, 6.07) is 0. The number of rotatable bonds is 6. The Bertz CT molecular complexity index is 122. The molecule has 0 spiro atoms. The average molecular weight is 238 g/mol. The summed E-state index contributed by atoms with van der Waals surface area (Å²) in [6.07, 6.45) is 13.3. The highest BCUT2D eigenvalue weighted by Gasteiger charge is 1.81. The Kier molecular flexibility index (Phi) is 67.6. The lowest BCUT2D eigenvalue weighted by atomic mass is 10.2. The summed E-state index contributed by atoms with van der Waals surface area (Å²) in [5.74, 6) is 0. The molecule has 0 aliphatic carbocycles. The van der Waals surface area contributed by atoms with E-state index in [2.05, 4.69) is 46.7 Å². The van der Waals surface area contributed by atoms with Crippen molar-refractivity contribution in [3.63, 3.8) is 0 Å². The van der Waals surface area contributed by atoms with Gasteiger partial charge < -0.3 is 0 Å². The van der Waals surface area contributed by atoms with Gasteiger partial charge in [0, 0.05) is 0 Å². The third-order valence-corrected chi connectivity index (χ3v) is 1.55. The van der Waals surface area contributed by atoms with Crippen molar-refractivity contribution >= 4 is 0 Å². The quantitative estimate of drug-likeness (QED) is 0.356. The van der Waals surface area contributed by atoms with Crippen LogP contribution in [-0.4, -0.2) is 0 Å². The van der Waals surface area contributed by atoms with Crippen LogP contribution in [0.15, 0.2) is 51.1 Å². The lowest BCUT2D eigenvalue weighted by molar-refractivity contribution is 0.675. The second kappa shape index (κ2) is 46.0. The Morgan fingerprint density at radius 3 is 1.47 bits per heavy atom. The second-order valence-electron chi connectivity index (χ2n) is 3.24. The van der Waals surface area contributed by atoms with Gasteiger partial charge in [0.15, 0.2) is 0 Å². The molecule has 0 fully saturated rings. The van der Waals surface area contributed by atoms with Crippen LogP contribution in [0.25, 0.3) is 0 Å². The van der Waals surface area contributed by atoms with Gasteiger partial charge in [0.2, 0.25) is 0 Å². The van der Waals surface area contributed by atoms with Gasteiger partial charge in [-0.2, -0.15) is 0 Å². The van der Waals surface area contributed by atoms with Crippen LogP contribution >= 0.6 is 0 Å². The minimum absolute atomic E-state index is 1.08. The zero-order valence-corrected chi connectivity index (χ0v) is 12.5. The van der Waals surface area contributed by atoms with Gasteiger partial charge in [0.1, 0.15) is 0 Å². The molecule has 0 saturated carbocycles. The first-order chi connectivity index (χ1) is 8.24. The molecule has 0 aromatic rings. The Morgan fingerprint density at radius 1 is 0.824 bits per heavy atom. The van der Waals surface area contributed by atoms with Gasteiger partial charge in [-0.3, -0.25) is 0 Å². The lowest BCUT2D eigenvalue weighted by Crippen LogP contribution is -1.71. The lowest BCUT2D eigenvalue weighted by Gasteiger charge is -1.91. The molecule has 0 heteroatoms. The Morgan fingerprint density at radius 2 is 1.24 bits per heavy atom. The molecule has 0 nitrogen and oxygen atoms in total. The standard InChI is InChI=1S/C8H16.C4H8.C3H6.C2H4/c1-3-5-7-8-6-4-2;1-3-4-2;1-3-2;1-2/h3H,1,4-8H2,2H3;3H,1,4H2,2H3;3H,1H2,2H3;1-2H2. The first-order valence-corrected chi connectivity index (χ1v) is 6.53. The molecule has 0 rings (SSSR count). The van der Waals surface area contributed by atoms with Crippen molar-refractivity contribution in [1.82, 2.24) is 0 Å². The van der Waals surface area contributed by atoms with Crippen LogP contribution in [0.5, 0.6) is 0 Å². The Balaban J connectivity index is -0.0000000792. The van der Waals surface area contributed by atoms with Gasteiger partial charge in [-0.25, -0.2) is 0 Å². The van der Waals surface area contributed by atoms with Crippen LogP contribution < -0.4 is 0 Å². The second-order valence-corrected chi connectivity index (χ2v) is 3.24. The van der Waals surface area contributed by atoms with Crippen LogP contribution in [0.3, 0.4) is 0 Å². The van der Waals surface area contributed by atoms with Gasteiger partial charge in [-0.15, -0.1) is 32.9 Å². The molecule has 0 atom stereocenters. The SMILES string of the molecule is C=C.C=CC.C=CCC.C=CCCCCCC. The fourth-order valence-corrected chi connectivity index (χ4v) is 0.715. The van der Waals surface area contributed by atoms with E-state index in [0.717, 1.165) is 6.42 Å². The molecule has 0 unspecified atom stereocenters. The molecular weight excluding hydrogens is 204 g/mol. The molecule has 0 saturated heterocycles. The maximum Gasteiger partial charge on any atom is -0.0353 e. The van der Waals surface area contributed by atoms with E-state index in [9.17, 15) is 0 Å². The molecule has 0 radical (unpaired) electrons. The Hall–Kier alpha value is -1.04. The summed E-state index contributed by atoms with van der Waals surface area (Å²) in [7, 11) is 0. The topological polar surface area (TPSA) is 0 Å². The van der Waals surface area contributed by atoms with E-state index >= 15 is 0 Å². The zero-order chi connectivity index (χ0) is 14.4. The van der Waals surface area contributed by atoms with Gasteiger partial charge in [-0.1, -0.05) is 51.3 Å². The van der Waals surface area contributed by atoms with E-state index in [0.29, 0.717) is 0 Å². The molecule has 0 N–H and O–H groups in total. The molecule has 0 amide bonds. The van der Waals surface area contributed by atoms with Crippen molar-refractivity contribution in [2.24, 2.45) is 0 Å². The molecule has 0 aliphatic heterocycles. The van der Waals surface area contributed by atoms with Crippen LogP contribution in [0, 0.1) is 0 Å². The number of hydrogen-bond acceptors (Lipinski definition) is 0. The van der Waals surface area contributed by atoms with Crippen molar-refractivity contribution in [2.45, 2.75) is 59.3 Å². The summed E-state index contributed by atoms with van der Waals surface area (Å²) in [4.78, 5) is 0. The Labute approximate surface area is 111 Å². The minimum Gasteiger partial charge on any atom is -0.106 e. The smallest absolute Gasteiger partial charge is 0.0353 e. The van der Waals surface area contributed by atoms with Crippen molar-refractivity contribution in [1.29, 1.82) is 0 Å². The highest BCUT2D eigenvalue weighted by molar-refractivity contribution is 4.65. The van der Waals surface area contributed by atoms with Crippen molar-refractivity contribution in [3.8, 4) is 0 Å². The minimum atomic E-state index is 1.08. The number of hydrogen-bond donors (Lipinski definition) is 0. The first kappa shape index (κ1) is 25.0. The first-order valence-electron chi connectivity index (χ1n) is 6.53. The summed E-state index contributed by atoms with van der Waals surface area (Å²) in [5, 5.41) is 0. The number of allylic oxidation sites excluding steroid dienone is 3. The molecule has 17 heavy (non-hydrogen) atoms. The predicted octanol–water partition coefficient (Wildman–Crippen LogP) is 6.72. The highest BCUT2D eigenvalue weighted by atomic mass is 13.9. The summed E-state index contributed by atoms with van der Waals surface area (Å²) in [5.41, 5.74) is 0. The van der Waals surface area contributed by atoms with Crippen molar-refractivity contribution < 1.29 is 0 Å². The largest absolute Gasteiger partial charge is 0.106 e. The van der Waals surface area contributed by atoms with E-state index in [-0.39, 0.29) is 0 Å². The van der Waals surface area contributed by atoms with Crippen LogP contribution in [0.1, 0.15) is 59.3 Å². The third-order valence-electron chi connectivity index (χ3n) is 1.55. The fraction of sp³-hybridized carbons (Fsp3) is 0.529. The predicted molar refractivity (Wildman–Crippen MR) is 86.6 cm³/mol. The summed E-state index contributed by atoms with van der Waals surface area (Å²) in [6.45, 7) is 22.7. The van der Waals surface area contributed by atoms with Gasteiger partial charge in [0.05, 0.1) is 0 Å². The summed E-state index contributed by atoms with van der Waals surface area (Å²) >= 11 is 0. The molecular formula is C17H34. The highest BCUT2D eigenvalue weighted by Crippen LogP contribution is 2.01. The van der Waals surface area contributed by atoms with E-state index in [4.69, 9.17) is 0 Å². The zero-order valence-electron chi connectivity index (χ0n) is 12.5. The molecule has 0 aromatic heterocycles. The normalized spacial score (nSPS) is 6.76. The van der Waals surface area contributed by atoms with Crippen LogP contribution in [0.4, 0.5) is 0 Å². The van der Waals surface area contributed by atoms with Gasteiger partial charge in [-0.05, 0) is 26.2 Å². The van der Waals surface area contributed by atoms with E-state index in [1.165, 1.54) is 32.1 Å². The fourth-order valence-electron chi connectivity index (χ4n) is 0.715. The van der Waals surface area contributed by atoms with Crippen molar-refractivity contribution in [2.75, 3.05) is 0 Å². The molecule has 0 aromatic carbocycles. The van der Waals surface area contributed by atoms with Crippen LogP contribution in [-0.2, 0) is 0 Å². The average Bonchev–Trinajstić information content (AvgIpc) is 2.38.